The molecular formula is C36H45F6N3O. The number of amides is 1. The molecule has 2 fully saturated rings. The fourth-order valence-electron chi connectivity index (χ4n) is 6.69. The average molecular weight is 650 g/mol. The number of alkyl halides is 4. The molecule has 2 heterocycles. The van der Waals surface area contributed by atoms with Gasteiger partial charge in [0.05, 0.1) is 0 Å². The van der Waals surface area contributed by atoms with Crippen molar-refractivity contribution < 1.29 is 31.8 Å². The van der Waals surface area contributed by atoms with E-state index in [0.29, 0.717) is 25.1 Å². The predicted octanol–water partition coefficient (Wildman–Crippen LogP) is 8.30. The Bertz CT molecular complexity index is 1340. The smallest absolute Gasteiger partial charge is 0.270 e. The van der Waals surface area contributed by atoms with Gasteiger partial charge in [-0.25, -0.2) is 17.6 Å². The molecule has 0 saturated carbocycles. The molecule has 3 aromatic rings. The van der Waals surface area contributed by atoms with Crippen LogP contribution in [0.3, 0.4) is 0 Å². The van der Waals surface area contributed by atoms with Gasteiger partial charge in [-0.15, -0.1) is 0 Å². The van der Waals surface area contributed by atoms with E-state index in [0.717, 1.165) is 56.2 Å². The monoisotopic (exact) mass is 649 g/mol. The molecular weight excluding hydrogens is 604 g/mol. The maximum Gasteiger partial charge on any atom is 0.270 e. The van der Waals surface area contributed by atoms with E-state index in [-0.39, 0.29) is 28.3 Å². The van der Waals surface area contributed by atoms with Crippen molar-refractivity contribution in [3.05, 3.63) is 107 Å². The van der Waals surface area contributed by atoms with Gasteiger partial charge in [-0.05, 0) is 74.0 Å². The molecule has 1 unspecified atom stereocenters. The zero-order chi connectivity index (χ0) is 31.1. The predicted molar refractivity (Wildman–Crippen MR) is 171 cm³/mol. The van der Waals surface area contributed by atoms with Gasteiger partial charge in [0.1, 0.15) is 6.04 Å². The average Bonchev–Trinajstić information content (AvgIpc) is 3.04. The summed E-state index contributed by atoms with van der Waals surface area (Å²) in [4.78, 5) is 21.2. The number of hydrogen-bond acceptors (Lipinski definition) is 3. The SMILES string of the molecule is CC(F)(F)c1cc(CCN(Cc2ccccc2)C(=O)C(c2ccccc2)N2CCC(N3CCCCC3)CC2)cc(C(F)F)c1.F.F. The van der Waals surface area contributed by atoms with Gasteiger partial charge in [-0.3, -0.25) is 19.1 Å². The lowest BCUT2D eigenvalue weighted by Crippen LogP contribution is -2.50. The lowest BCUT2D eigenvalue weighted by atomic mass is 9.95. The highest BCUT2D eigenvalue weighted by atomic mass is 19.3. The van der Waals surface area contributed by atoms with E-state index >= 15 is 0 Å². The number of piperidine rings is 2. The lowest BCUT2D eigenvalue weighted by Gasteiger charge is -2.43. The molecule has 3 aromatic carbocycles. The molecule has 46 heavy (non-hydrogen) atoms. The van der Waals surface area contributed by atoms with Crippen LogP contribution >= 0.6 is 0 Å². The van der Waals surface area contributed by atoms with E-state index in [1.807, 2.05) is 60.7 Å². The minimum atomic E-state index is -3.25. The highest BCUT2D eigenvalue weighted by Gasteiger charge is 2.35. The van der Waals surface area contributed by atoms with Gasteiger partial charge in [0.15, 0.2) is 0 Å². The molecule has 5 rings (SSSR count). The zero-order valence-corrected chi connectivity index (χ0v) is 26.3. The molecule has 4 nitrogen and oxygen atoms in total. The van der Waals surface area contributed by atoms with E-state index in [4.69, 9.17) is 0 Å². The Hall–Kier alpha value is -3.37. The van der Waals surface area contributed by atoms with Crippen LogP contribution in [0.2, 0.25) is 0 Å². The minimum absolute atomic E-state index is 0. The number of halogens is 6. The summed E-state index contributed by atoms with van der Waals surface area (Å²) < 4.78 is 55.8. The number of carbonyl (C=O) groups is 1. The van der Waals surface area contributed by atoms with Crippen LogP contribution in [0, 0.1) is 0 Å². The van der Waals surface area contributed by atoms with Crippen LogP contribution in [-0.4, -0.2) is 59.4 Å². The van der Waals surface area contributed by atoms with Crippen molar-refractivity contribution in [3.63, 3.8) is 0 Å². The molecule has 1 atom stereocenters. The maximum absolute atomic E-state index is 14.6. The summed E-state index contributed by atoms with van der Waals surface area (Å²) >= 11 is 0. The molecule has 0 bridgehead atoms. The largest absolute Gasteiger partial charge is 0.336 e. The molecule has 2 aliphatic heterocycles. The summed E-state index contributed by atoms with van der Waals surface area (Å²) in [5, 5.41) is 0. The van der Waals surface area contributed by atoms with Crippen LogP contribution in [0.5, 0.6) is 0 Å². The second kappa shape index (κ2) is 17.0. The van der Waals surface area contributed by atoms with E-state index in [2.05, 4.69) is 9.80 Å². The Kier molecular flexibility index (Phi) is 13.7. The second-order valence-corrected chi connectivity index (χ2v) is 12.3. The third-order valence-corrected chi connectivity index (χ3v) is 9.09. The number of hydrogen-bond donors (Lipinski definition) is 0. The highest BCUT2D eigenvalue weighted by Crippen LogP contribution is 2.33. The number of nitrogens with zero attached hydrogens (tertiary/aromatic N) is 3. The van der Waals surface area contributed by atoms with E-state index < -0.39 is 29.5 Å². The minimum Gasteiger partial charge on any atom is -0.336 e. The number of likely N-dealkylation sites (tertiary alicyclic amines) is 2. The fourth-order valence-corrected chi connectivity index (χ4v) is 6.69. The molecule has 10 heteroatoms. The Labute approximate surface area is 268 Å². The quantitative estimate of drug-likeness (QED) is 0.196. The molecule has 0 radical (unpaired) electrons. The molecule has 252 valence electrons. The Balaban J connectivity index is 0.00000288. The Morgan fingerprint density at radius 1 is 0.826 bits per heavy atom. The summed E-state index contributed by atoms with van der Waals surface area (Å²) in [5.74, 6) is -3.32. The normalized spacial score (nSPS) is 17.2. The third-order valence-electron chi connectivity index (χ3n) is 9.09. The van der Waals surface area contributed by atoms with Gasteiger partial charge >= 0.3 is 0 Å². The number of carbonyl (C=O) groups excluding carboxylic acids is 1. The number of rotatable bonds is 11. The van der Waals surface area contributed by atoms with E-state index in [1.54, 1.807) is 4.90 Å². The van der Waals surface area contributed by atoms with Crippen LogP contribution in [0.4, 0.5) is 27.0 Å². The van der Waals surface area contributed by atoms with Crippen LogP contribution in [0.15, 0.2) is 78.9 Å². The molecule has 0 N–H and O–H groups in total. The first-order valence-corrected chi connectivity index (χ1v) is 15.8. The summed E-state index contributed by atoms with van der Waals surface area (Å²) in [6, 6.07) is 22.9. The van der Waals surface area contributed by atoms with Crippen molar-refractivity contribution in [2.24, 2.45) is 0 Å². The summed E-state index contributed by atoms with van der Waals surface area (Å²) in [6.07, 6.45) is 3.11. The highest BCUT2D eigenvalue weighted by molar-refractivity contribution is 5.83. The van der Waals surface area contributed by atoms with Crippen molar-refractivity contribution in [2.45, 2.75) is 76.4 Å². The van der Waals surface area contributed by atoms with Gasteiger partial charge < -0.3 is 9.80 Å². The van der Waals surface area contributed by atoms with Gasteiger partial charge in [-0.2, -0.15) is 0 Å². The summed E-state index contributed by atoms with van der Waals surface area (Å²) in [7, 11) is 0. The Morgan fingerprint density at radius 2 is 1.43 bits per heavy atom. The first-order valence-electron chi connectivity index (χ1n) is 15.8. The molecule has 0 aliphatic carbocycles. The molecule has 2 aliphatic rings. The van der Waals surface area contributed by atoms with Gasteiger partial charge in [0.25, 0.3) is 12.3 Å². The van der Waals surface area contributed by atoms with Gasteiger partial charge in [-0.1, -0.05) is 73.2 Å². The van der Waals surface area contributed by atoms with Gasteiger partial charge in [0.2, 0.25) is 5.91 Å². The standard InChI is InChI=1S/C36H43F4N3O.2FH/c1-36(39,40)31-24-28(23-30(25-31)34(37)38)15-20-43(26-27-11-5-2-6-12-27)35(44)33(29-13-7-3-8-14-29)42-21-16-32(17-22-42)41-18-9-4-10-19-41;;/h2-3,5-8,11-14,23-25,32-34H,4,9-10,15-22,26H2,1H3;2*1H. The van der Waals surface area contributed by atoms with Crippen LogP contribution in [0.25, 0.3) is 0 Å². The first kappa shape index (κ1) is 37.1. The summed E-state index contributed by atoms with van der Waals surface area (Å²) in [5.41, 5.74) is 1.35. The van der Waals surface area contributed by atoms with Crippen LogP contribution in [0.1, 0.15) is 79.3 Å². The van der Waals surface area contributed by atoms with E-state index in [9.17, 15) is 22.4 Å². The molecule has 0 aromatic heterocycles. The van der Waals surface area contributed by atoms with Crippen molar-refractivity contribution in [1.29, 1.82) is 0 Å². The van der Waals surface area contributed by atoms with Crippen molar-refractivity contribution in [3.8, 4) is 0 Å². The second-order valence-electron chi connectivity index (χ2n) is 12.3. The molecule has 1 amide bonds. The van der Waals surface area contributed by atoms with Crippen molar-refractivity contribution in [1.82, 2.24) is 14.7 Å². The fraction of sp³-hybridized carbons (Fsp3) is 0.472. The van der Waals surface area contributed by atoms with Crippen molar-refractivity contribution in [2.75, 3.05) is 32.7 Å². The van der Waals surface area contributed by atoms with Gasteiger partial charge in [0, 0.05) is 50.3 Å². The zero-order valence-electron chi connectivity index (χ0n) is 26.3. The van der Waals surface area contributed by atoms with Crippen LogP contribution < -0.4 is 0 Å². The molecule has 0 spiro atoms. The summed E-state index contributed by atoms with van der Waals surface area (Å²) in [6.45, 7) is 5.16. The van der Waals surface area contributed by atoms with Crippen molar-refractivity contribution >= 4 is 5.91 Å². The number of benzene rings is 3. The first-order chi connectivity index (χ1) is 21.2. The Morgan fingerprint density at radius 3 is 2.02 bits per heavy atom. The van der Waals surface area contributed by atoms with E-state index in [1.165, 1.54) is 31.4 Å². The molecule has 2 saturated heterocycles. The third kappa shape index (κ3) is 9.58. The topological polar surface area (TPSA) is 26.8 Å². The lowest BCUT2D eigenvalue weighted by molar-refractivity contribution is -0.138. The maximum atomic E-state index is 14.6. The van der Waals surface area contributed by atoms with Crippen LogP contribution in [-0.2, 0) is 23.7 Å².